The van der Waals surface area contributed by atoms with E-state index in [9.17, 15) is 14.9 Å². The molecule has 4 aromatic rings. The lowest BCUT2D eigenvalue weighted by molar-refractivity contribution is -0.385. The maximum Gasteiger partial charge on any atom is 0.311 e. The highest BCUT2D eigenvalue weighted by Gasteiger charge is 2.30. The van der Waals surface area contributed by atoms with Crippen LogP contribution in [0.1, 0.15) is 63.4 Å². The van der Waals surface area contributed by atoms with Gasteiger partial charge < -0.3 is 9.30 Å². The highest BCUT2D eigenvalue weighted by molar-refractivity contribution is 6.01. The number of rotatable bonds is 10. The van der Waals surface area contributed by atoms with E-state index in [1.165, 1.54) is 5.56 Å². The number of nitro benzene ring substituents is 1. The third-order valence-corrected chi connectivity index (χ3v) is 7.11. The van der Waals surface area contributed by atoms with Crippen LogP contribution in [0.25, 0.3) is 10.9 Å². The van der Waals surface area contributed by atoms with E-state index in [2.05, 4.69) is 67.9 Å². The summed E-state index contributed by atoms with van der Waals surface area (Å²) < 4.78 is 7.79. The average Bonchev–Trinajstić information content (AvgIpc) is 3.17. The van der Waals surface area contributed by atoms with Crippen molar-refractivity contribution in [2.45, 2.75) is 59.9 Å². The molecule has 0 aliphatic heterocycles. The Bertz CT molecular complexity index is 1580. The van der Waals surface area contributed by atoms with Crippen LogP contribution in [0.2, 0.25) is 0 Å². The Balaban J connectivity index is 1.45. The van der Waals surface area contributed by atoms with Gasteiger partial charge in [-0.3, -0.25) is 14.9 Å². The zero-order chi connectivity index (χ0) is 29.8. The number of carbonyl (C=O) groups excluding carboxylic acids is 1. The first-order chi connectivity index (χ1) is 19.4. The van der Waals surface area contributed by atoms with Crippen LogP contribution < -0.4 is 10.2 Å². The summed E-state index contributed by atoms with van der Waals surface area (Å²) in [6, 6.07) is 23.2. The minimum absolute atomic E-state index is 0.0456. The van der Waals surface area contributed by atoms with Crippen molar-refractivity contribution >= 4 is 28.7 Å². The number of nitrogens with one attached hydrogen (secondary N) is 1. The van der Waals surface area contributed by atoms with E-state index in [1.54, 1.807) is 18.3 Å². The van der Waals surface area contributed by atoms with Crippen LogP contribution in [0, 0.1) is 22.5 Å². The topological polar surface area (TPSA) is 98.8 Å². The number of hydrogen-bond donors (Lipinski definition) is 1. The summed E-state index contributed by atoms with van der Waals surface area (Å²) in [7, 11) is 0. The first-order valence-electron chi connectivity index (χ1n) is 13.7. The van der Waals surface area contributed by atoms with Gasteiger partial charge in [0, 0.05) is 34.8 Å². The summed E-state index contributed by atoms with van der Waals surface area (Å²) in [6.07, 6.45) is 2.48. The molecule has 0 fully saturated rings. The number of carbonyl (C=O) groups is 1. The van der Waals surface area contributed by atoms with Gasteiger partial charge in [-0.2, -0.15) is 5.10 Å². The first kappa shape index (κ1) is 29.5. The lowest BCUT2D eigenvalue weighted by atomic mass is 9.72. The second-order valence-electron chi connectivity index (χ2n) is 12.2. The van der Waals surface area contributed by atoms with Gasteiger partial charge in [-0.1, -0.05) is 89.2 Å². The number of amides is 1. The molecule has 4 rings (SSSR count). The van der Waals surface area contributed by atoms with Crippen molar-refractivity contribution < 1.29 is 14.5 Å². The number of benzene rings is 3. The molecule has 0 saturated carbocycles. The molecule has 0 saturated heterocycles. The number of aromatic nitrogens is 1. The largest absolute Gasteiger partial charge is 0.477 e. The highest BCUT2D eigenvalue weighted by atomic mass is 16.6. The van der Waals surface area contributed by atoms with Gasteiger partial charge in [-0.15, -0.1) is 0 Å². The van der Waals surface area contributed by atoms with Crippen LogP contribution in [0.4, 0.5) is 5.69 Å². The molecular weight excluding hydrogens is 516 g/mol. The molecule has 0 atom stereocenters. The van der Waals surface area contributed by atoms with Crippen molar-refractivity contribution in [1.29, 1.82) is 0 Å². The van der Waals surface area contributed by atoms with Crippen molar-refractivity contribution in [3.8, 4) is 5.75 Å². The number of fused-ring (bicyclic) bond motifs is 1. The Morgan fingerprint density at radius 1 is 1.02 bits per heavy atom. The molecule has 214 valence electrons. The molecule has 3 aromatic carbocycles. The van der Waals surface area contributed by atoms with Gasteiger partial charge in [0.2, 0.25) is 0 Å². The van der Waals surface area contributed by atoms with E-state index in [1.807, 2.05) is 49.4 Å². The summed E-state index contributed by atoms with van der Waals surface area (Å²) in [4.78, 5) is 23.9. The Kier molecular flexibility index (Phi) is 8.61. The highest BCUT2D eigenvalue weighted by Crippen LogP contribution is 2.39. The fourth-order valence-corrected chi connectivity index (χ4v) is 5.57. The molecule has 41 heavy (non-hydrogen) atoms. The van der Waals surface area contributed by atoms with Gasteiger partial charge >= 0.3 is 5.69 Å². The van der Waals surface area contributed by atoms with Crippen molar-refractivity contribution in [2.24, 2.45) is 10.5 Å². The molecule has 1 aromatic heterocycles. The lowest BCUT2D eigenvalue weighted by Gasteiger charge is -2.33. The predicted molar refractivity (Wildman–Crippen MR) is 164 cm³/mol. The normalized spacial score (nSPS) is 12.1. The number of nitrogens with zero attached hydrogens (tertiary/aromatic N) is 3. The van der Waals surface area contributed by atoms with E-state index in [0.29, 0.717) is 6.54 Å². The summed E-state index contributed by atoms with van der Waals surface area (Å²) in [5.41, 5.74) is 7.15. The van der Waals surface area contributed by atoms with Crippen LogP contribution in [0.5, 0.6) is 5.75 Å². The van der Waals surface area contributed by atoms with Crippen molar-refractivity contribution in [1.82, 2.24) is 9.99 Å². The summed E-state index contributed by atoms with van der Waals surface area (Å²) in [6.45, 7) is 12.9. The fourth-order valence-electron chi connectivity index (χ4n) is 5.57. The second-order valence-corrected chi connectivity index (χ2v) is 12.2. The van der Waals surface area contributed by atoms with Crippen LogP contribution in [0.15, 0.2) is 77.9 Å². The molecule has 0 aliphatic carbocycles. The second kappa shape index (κ2) is 12.0. The van der Waals surface area contributed by atoms with Crippen LogP contribution in [-0.2, 0) is 16.8 Å². The zero-order valence-electron chi connectivity index (χ0n) is 24.6. The maximum absolute atomic E-state index is 12.5. The lowest BCUT2D eigenvalue weighted by Crippen LogP contribution is -2.26. The summed E-state index contributed by atoms with van der Waals surface area (Å²) >= 11 is 0. The van der Waals surface area contributed by atoms with Gasteiger partial charge in [-0.25, -0.2) is 5.43 Å². The zero-order valence-corrected chi connectivity index (χ0v) is 24.6. The summed E-state index contributed by atoms with van der Waals surface area (Å²) in [5, 5.41) is 17.0. The third kappa shape index (κ3) is 7.20. The quantitative estimate of drug-likeness (QED) is 0.128. The molecular formula is C33H38N4O4. The smallest absolute Gasteiger partial charge is 0.311 e. The Morgan fingerprint density at radius 3 is 2.39 bits per heavy atom. The third-order valence-electron chi connectivity index (χ3n) is 7.11. The summed E-state index contributed by atoms with van der Waals surface area (Å²) in [5.74, 6) is -0.470. The van der Waals surface area contributed by atoms with Crippen LogP contribution in [-0.4, -0.2) is 28.2 Å². The molecule has 0 aliphatic rings. The molecule has 0 bridgehead atoms. The monoisotopic (exact) mass is 554 g/mol. The predicted octanol–water partition coefficient (Wildman–Crippen LogP) is 7.15. The van der Waals surface area contributed by atoms with E-state index in [-0.39, 0.29) is 22.3 Å². The van der Waals surface area contributed by atoms with Crippen LogP contribution in [0.3, 0.4) is 0 Å². The van der Waals surface area contributed by atoms with Gasteiger partial charge in [0.1, 0.15) is 0 Å². The van der Waals surface area contributed by atoms with E-state index in [4.69, 9.17) is 4.74 Å². The van der Waals surface area contributed by atoms with E-state index >= 15 is 0 Å². The van der Waals surface area contributed by atoms with Crippen molar-refractivity contribution in [3.05, 3.63) is 105 Å². The first-order valence-corrected chi connectivity index (χ1v) is 13.7. The standard InChI is InChI=1S/C33H38N4O4/c1-23-27(26-14-10-11-15-28(26)36(23)20-24-12-8-7-9-13-24)19-34-35-31(38)21-41-30-17-16-25(18-29(30)37(39)40)33(5,6)22-32(2,3)4/h7-19H,20-22H2,1-6H3,(H,35,38)/b34-19+. The van der Waals surface area contributed by atoms with Gasteiger partial charge in [0.25, 0.3) is 5.91 Å². The minimum Gasteiger partial charge on any atom is -0.477 e. The molecule has 0 unspecified atom stereocenters. The Labute approximate surface area is 241 Å². The van der Waals surface area contributed by atoms with Gasteiger partial charge in [0.15, 0.2) is 12.4 Å². The van der Waals surface area contributed by atoms with Crippen molar-refractivity contribution in [3.63, 3.8) is 0 Å². The molecule has 1 amide bonds. The van der Waals surface area contributed by atoms with Crippen LogP contribution >= 0.6 is 0 Å². The number of nitro groups is 1. The number of hydrogen-bond acceptors (Lipinski definition) is 5. The molecule has 1 N–H and O–H groups in total. The molecule has 8 nitrogen and oxygen atoms in total. The fraction of sp³-hybridized carbons (Fsp3) is 0.333. The number of para-hydroxylation sites is 1. The Morgan fingerprint density at radius 2 is 1.71 bits per heavy atom. The SMILES string of the molecule is Cc1c(/C=N/NC(=O)COc2ccc(C(C)(C)CC(C)(C)C)cc2[N+](=O)[O-])c2ccccc2n1Cc1ccccc1. The van der Waals surface area contributed by atoms with E-state index in [0.717, 1.165) is 34.1 Å². The van der Waals surface area contributed by atoms with Gasteiger partial charge in [-0.05, 0) is 47.4 Å². The minimum atomic E-state index is -0.515. The number of hydrazone groups is 1. The molecule has 8 heteroatoms. The molecule has 0 radical (unpaired) electrons. The van der Waals surface area contributed by atoms with Crippen molar-refractivity contribution in [2.75, 3.05) is 6.61 Å². The van der Waals surface area contributed by atoms with Gasteiger partial charge in [0.05, 0.1) is 11.1 Å². The molecule has 1 heterocycles. The number of ether oxygens (including phenoxy) is 1. The molecule has 0 spiro atoms. The Hall–Kier alpha value is -4.46. The maximum atomic E-state index is 12.5. The average molecular weight is 555 g/mol. The van der Waals surface area contributed by atoms with E-state index < -0.39 is 17.4 Å².